The fraction of sp³-hybridized carbons (Fsp3) is 0.400. The molecule has 2 heterocycles. The third-order valence-electron chi connectivity index (χ3n) is 3.23. The molecule has 1 aliphatic rings. The molecule has 0 amide bonds. The van der Waals surface area contributed by atoms with Crippen LogP contribution in [0.25, 0.3) is 5.69 Å². The van der Waals surface area contributed by atoms with Crippen molar-refractivity contribution < 1.29 is 9.47 Å². The van der Waals surface area contributed by atoms with Gasteiger partial charge >= 0.3 is 0 Å². The molecule has 2 aromatic rings. The Kier molecular flexibility index (Phi) is 3.91. The summed E-state index contributed by atoms with van der Waals surface area (Å²) in [5.41, 5.74) is 2.13. The number of hydrogen-bond donors (Lipinski definition) is 0. The third kappa shape index (κ3) is 3.22. The largest absolute Gasteiger partial charge is 0.353 e. The Hall–Kier alpha value is -1.65. The van der Waals surface area contributed by atoms with Crippen LogP contribution in [-0.2, 0) is 16.1 Å². The van der Waals surface area contributed by atoms with E-state index in [4.69, 9.17) is 9.47 Å². The van der Waals surface area contributed by atoms with Gasteiger partial charge in [-0.15, -0.1) is 0 Å². The van der Waals surface area contributed by atoms with Crippen LogP contribution in [0.1, 0.15) is 24.8 Å². The first-order valence-corrected chi connectivity index (χ1v) is 6.74. The van der Waals surface area contributed by atoms with Crippen LogP contribution in [0.5, 0.6) is 0 Å². The number of benzene rings is 1. The molecule has 1 fully saturated rings. The number of nitrogens with zero attached hydrogens (tertiary/aromatic N) is 2. The van der Waals surface area contributed by atoms with E-state index in [0.717, 1.165) is 30.7 Å². The first-order chi connectivity index (χ1) is 9.42. The zero-order valence-corrected chi connectivity index (χ0v) is 10.9. The molecule has 0 aliphatic carbocycles. The third-order valence-corrected chi connectivity index (χ3v) is 3.23. The van der Waals surface area contributed by atoms with Crippen molar-refractivity contribution >= 4 is 0 Å². The van der Waals surface area contributed by atoms with Gasteiger partial charge in [-0.25, -0.2) is 4.68 Å². The maximum Gasteiger partial charge on any atom is 0.158 e. The van der Waals surface area contributed by atoms with Crippen LogP contribution in [0.15, 0.2) is 42.7 Å². The van der Waals surface area contributed by atoms with Crippen LogP contribution in [0.2, 0.25) is 0 Å². The molecule has 1 aromatic heterocycles. The lowest BCUT2D eigenvalue weighted by molar-refractivity contribution is -0.168. The van der Waals surface area contributed by atoms with Crippen molar-refractivity contribution in [3.05, 3.63) is 48.3 Å². The molecule has 1 unspecified atom stereocenters. The maximum atomic E-state index is 5.74. The van der Waals surface area contributed by atoms with E-state index in [1.165, 1.54) is 6.42 Å². The number of rotatable bonds is 4. The van der Waals surface area contributed by atoms with Crippen molar-refractivity contribution in [1.82, 2.24) is 9.78 Å². The zero-order chi connectivity index (χ0) is 12.9. The Balaban J connectivity index is 1.59. The molecule has 0 N–H and O–H groups in total. The fourth-order valence-corrected chi connectivity index (χ4v) is 2.19. The Bertz CT molecular complexity index is 504. The van der Waals surface area contributed by atoms with Gasteiger partial charge in [0.25, 0.3) is 0 Å². The van der Waals surface area contributed by atoms with E-state index in [1.807, 2.05) is 47.4 Å². The second-order valence-electron chi connectivity index (χ2n) is 4.74. The van der Waals surface area contributed by atoms with Crippen molar-refractivity contribution in [3.8, 4) is 5.69 Å². The predicted molar refractivity (Wildman–Crippen MR) is 71.9 cm³/mol. The van der Waals surface area contributed by atoms with Crippen LogP contribution in [0, 0.1) is 0 Å². The van der Waals surface area contributed by atoms with Crippen LogP contribution >= 0.6 is 0 Å². The van der Waals surface area contributed by atoms with Gasteiger partial charge in [0.15, 0.2) is 6.29 Å². The first kappa shape index (κ1) is 12.4. The van der Waals surface area contributed by atoms with E-state index in [-0.39, 0.29) is 6.29 Å². The Labute approximate surface area is 113 Å². The molecule has 1 atom stereocenters. The quantitative estimate of drug-likeness (QED) is 0.846. The molecule has 3 rings (SSSR count). The molecule has 100 valence electrons. The van der Waals surface area contributed by atoms with Gasteiger partial charge in [0.2, 0.25) is 0 Å². The Morgan fingerprint density at radius 2 is 2.16 bits per heavy atom. The molecule has 4 nitrogen and oxygen atoms in total. The molecular weight excluding hydrogens is 240 g/mol. The minimum atomic E-state index is -0.0474. The summed E-state index contributed by atoms with van der Waals surface area (Å²) in [5.74, 6) is 0. The lowest BCUT2D eigenvalue weighted by Crippen LogP contribution is -2.21. The summed E-state index contributed by atoms with van der Waals surface area (Å²) in [5, 5.41) is 4.35. The standard InChI is InChI=1S/C15H18N2O2/c1-2-6-14(7-3-1)17-11-13(10-16-17)12-19-15-8-4-5-9-18-15/h1-3,6-7,10-11,15H,4-5,8-9,12H2. The topological polar surface area (TPSA) is 36.3 Å². The number of aromatic nitrogens is 2. The number of para-hydroxylation sites is 1. The average Bonchev–Trinajstić information content (AvgIpc) is 2.96. The van der Waals surface area contributed by atoms with Gasteiger partial charge in [-0.3, -0.25) is 0 Å². The SMILES string of the molecule is c1ccc(-n2cc(COC3CCCCO3)cn2)cc1. The molecule has 4 heteroatoms. The zero-order valence-electron chi connectivity index (χ0n) is 10.9. The predicted octanol–water partition coefficient (Wildman–Crippen LogP) is 2.92. The summed E-state index contributed by atoms with van der Waals surface area (Å²) in [4.78, 5) is 0. The van der Waals surface area contributed by atoms with Gasteiger partial charge in [-0.05, 0) is 31.4 Å². The smallest absolute Gasteiger partial charge is 0.158 e. The van der Waals surface area contributed by atoms with Crippen LogP contribution in [0.4, 0.5) is 0 Å². The molecule has 1 aromatic carbocycles. The first-order valence-electron chi connectivity index (χ1n) is 6.74. The Morgan fingerprint density at radius 3 is 2.95 bits per heavy atom. The summed E-state index contributed by atoms with van der Waals surface area (Å²) in [6, 6.07) is 10.1. The molecule has 0 radical (unpaired) electrons. The van der Waals surface area contributed by atoms with E-state index >= 15 is 0 Å². The van der Waals surface area contributed by atoms with Crippen molar-refractivity contribution in [3.63, 3.8) is 0 Å². The lowest BCUT2D eigenvalue weighted by atomic mass is 10.2. The van der Waals surface area contributed by atoms with E-state index < -0.39 is 0 Å². The monoisotopic (exact) mass is 258 g/mol. The normalized spacial score (nSPS) is 19.5. The fourth-order valence-electron chi connectivity index (χ4n) is 2.19. The van der Waals surface area contributed by atoms with Crippen LogP contribution < -0.4 is 0 Å². The minimum absolute atomic E-state index is 0.0474. The highest BCUT2D eigenvalue weighted by atomic mass is 16.7. The van der Waals surface area contributed by atoms with Crippen molar-refractivity contribution in [1.29, 1.82) is 0 Å². The second kappa shape index (κ2) is 5.99. The average molecular weight is 258 g/mol. The second-order valence-corrected chi connectivity index (χ2v) is 4.74. The summed E-state index contributed by atoms with van der Waals surface area (Å²) in [7, 11) is 0. The van der Waals surface area contributed by atoms with Crippen LogP contribution in [0.3, 0.4) is 0 Å². The van der Waals surface area contributed by atoms with Gasteiger partial charge in [0.05, 0.1) is 18.5 Å². The lowest BCUT2D eigenvalue weighted by Gasteiger charge is -2.22. The van der Waals surface area contributed by atoms with Gasteiger partial charge in [0, 0.05) is 18.4 Å². The number of ether oxygens (including phenoxy) is 2. The van der Waals surface area contributed by atoms with Crippen LogP contribution in [-0.4, -0.2) is 22.7 Å². The Morgan fingerprint density at radius 1 is 1.26 bits per heavy atom. The van der Waals surface area contributed by atoms with E-state index in [2.05, 4.69) is 5.10 Å². The molecule has 0 saturated carbocycles. The van der Waals surface area contributed by atoms with E-state index in [1.54, 1.807) is 0 Å². The molecule has 0 spiro atoms. The molecule has 0 bridgehead atoms. The van der Waals surface area contributed by atoms with Crippen molar-refractivity contribution in [2.24, 2.45) is 0 Å². The molecule has 1 aliphatic heterocycles. The molecular formula is C15H18N2O2. The van der Waals surface area contributed by atoms with Gasteiger partial charge in [-0.2, -0.15) is 5.10 Å². The highest BCUT2D eigenvalue weighted by Gasteiger charge is 2.14. The van der Waals surface area contributed by atoms with Crippen molar-refractivity contribution in [2.45, 2.75) is 32.2 Å². The minimum Gasteiger partial charge on any atom is -0.353 e. The number of hydrogen-bond acceptors (Lipinski definition) is 3. The summed E-state index contributed by atoms with van der Waals surface area (Å²) < 4.78 is 13.1. The highest BCUT2D eigenvalue weighted by molar-refractivity contribution is 5.30. The van der Waals surface area contributed by atoms with Gasteiger partial charge in [0.1, 0.15) is 0 Å². The molecule has 19 heavy (non-hydrogen) atoms. The summed E-state index contributed by atoms with van der Waals surface area (Å²) >= 11 is 0. The summed E-state index contributed by atoms with van der Waals surface area (Å²) in [6.07, 6.45) is 7.12. The summed E-state index contributed by atoms with van der Waals surface area (Å²) in [6.45, 7) is 1.37. The molecule has 1 saturated heterocycles. The van der Waals surface area contributed by atoms with E-state index in [9.17, 15) is 0 Å². The maximum absolute atomic E-state index is 5.74. The van der Waals surface area contributed by atoms with Gasteiger partial charge in [-0.1, -0.05) is 18.2 Å². The highest BCUT2D eigenvalue weighted by Crippen LogP contribution is 2.16. The van der Waals surface area contributed by atoms with Crippen molar-refractivity contribution in [2.75, 3.05) is 6.61 Å². The van der Waals surface area contributed by atoms with E-state index in [0.29, 0.717) is 6.61 Å². The van der Waals surface area contributed by atoms with Gasteiger partial charge < -0.3 is 9.47 Å².